The van der Waals surface area contributed by atoms with Crippen molar-refractivity contribution in [3.63, 3.8) is 0 Å². The molecule has 3 aromatic carbocycles. The fourth-order valence-corrected chi connectivity index (χ4v) is 3.43. The molecule has 0 spiro atoms. The summed E-state index contributed by atoms with van der Waals surface area (Å²) in [6.45, 7) is 0. The van der Waals surface area contributed by atoms with E-state index in [9.17, 15) is 20.0 Å². The molecule has 1 heterocycles. The number of aromatic hydroxyl groups is 1. The lowest BCUT2D eigenvalue weighted by atomic mass is 10.00. The second-order valence-electron chi connectivity index (χ2n) is 7.30. The Morgan fingerprint density at radius 2 is 1.86 bits per heavy atom. The van der Waals surface area contributed by atoms with Gasteiger partial charge >= 0.3 is 5.97 Å². The Bertz CT molecular complexity index is 1520. The third-order valence-corrected chi connectivity index (χ3v) is 5.11. The lowest BCUT2D eigenvalue weighted by Crippen LogP contribution is -2.16. The minimum Gasteiger partial charge on any atom is -0.507 e. The molecule has 1 aromatic heterocycles. The smallest absolute Gasteiger partial charge is 0.337 e. The summed E-state index contributed by atoms with van der Waals surface area (Å²) < 4.78 is 4.76. The molecule has 3 N–H and O–H groups in total. The number of nitriles is 1. The van der Waals surface area contributed by atoms with Gasteiger partial charge in [0.1, 0.15) is 17.4 Å². The van der Waals surface area contributed by atoms with Gasteiger partial charge in [-0.3, -0.25) is 9.78 Å². The van der Waals surface area contributed by atoms with Crippen molar-refractivity contribution in [1.82, 2.24) is 9.97 Å². The number of rotatable bonds is 6. The van der Waals surface area contributed by atoms with Gasteiger partial charge in [-0.25, -0.2) is 15.2 Å². The zero-order valence-electron chi connectivity index (χ0n) is 18.5. The van der Waals surface area contributed by atoms with Crippen LogP contribution in [0.2, 0.25) is 0 Å². The van der Waals surface area contributed by atoms with Crippen LogP contribution in [-0.4, -0.2) is 34.4 Å². The molecular formula is C26H19N5O4. The van der Waals surface area contributed by atoms with Crippen molar-refractivity contribution in [2.45, 2.75) is 0 Å². The van der Waals surface area contributed by atoms with Crippen molar-refractivity contribution in [1.29, 1.82) is 5.26 Å². The Labute approximate surface area is 200 Å². The molecule has 0 amide bonds. The van der Waals surface area contributed by atoms with Crippen molar-refractivity contribution < 1.29 is 14.6 Å². The van der Waals surface area contributed by atoms with Gasteiger partial charge in [-0.2, -0.15) is 10.4 Å². The predicted octanol–water partition coefficient (Wildman–Crippen LogP) is 3.91. The first kappa shape index (κ1) is 22.9. The molecule has 35 heavy (non-hydrogen) atoms. The van der Waals surface area contributed by atoms with Gasteiger partial charge in [0.2, 0.25) is 5.95 Å². The number of esters is 1. The summed E-state index contributed by atoms with van der Waals surface area (Å²) in [5.41, 5.74) is 4.63. The van der Waals surface area contributed by atoms with Crippen molar-refractivity contribution in [2.75, 3.05) is 12.5 Å². The molecule has 4 rings (SSSR count). The second-order valence-corrected chi connectivity index (χ2v) is 7.30. The fraction of sp³-hybridized carbons (Fsp3) is 0.0385. The van der Waals surface area contributed by atoms with Crippen LogP contribution in [0.4, 0.5) is 5.95 Å². The zero-order valence-corrected chi connectivity index (χ0v) is 18.5. The van der Waals surface area contributed by atoms with Crippen LogP contribution in [0, 0.1) is 11.3 Å². The molecule has 0 saturated carbocycles. The highest BCUT2D eigenvalue weighted by molar-refractivity contribution is 5.93. The highest BCUT2D eigenvalue weighted by Crippen LogP contribution is 2.32. The number of phenolic OH excluding ortho intramolecular Hbond substituents is 1. The van der Waals surface area contributed by atoms with Crippen LogP contribution in [0.15, 0.2) is 82.7 Å². The van der Waals surface area contributed by atoms with E-state index >= 15 is 0 Å². The highest BCUT2D eigenvalue weighted by Gasteiger charge is 2.14. The summed E-state index contributed by atoms with van der Waals surface area (Å²) in [5, 5.41) is 24.2. The molecule has 4 aromatic rings. The molecule has 0 bridgehead atoms. The largest absolute Gasteiger partial charge is 0.507 e. The number of hydrazone groups is 1. The minimum atomic E-state index is -0.602. The first-order valence-electron chi connectivity index (χ1n) is 10.4. The van der Waals surface area contributed by atoms with E-state index in [2.05, 4.69) is 20.5 Å². The number of carbonyl (C=O) groups excluding carboxylic acids is 1. The molecule has 9 heteroatoms. The third kappa shape index (κ3) is 4.91. The summed E-state index contributed by atoms with van der Waals surface area (Å²) in [5.74, 6) is -0.496. The number of H-pyrrole nitrogens is 1. The maximum Gasteiger partial charge on any atom is 0.337 e. The van der Waals surface area contributed by atoms with Crippen molar-refractivity contribution in [3.05, 3.63) is 99.8 Å². The zero-order chi connectivity index (χ0) is 24.8. The normalized spacial score (nSPS) is 10.6. The molecule has 0 aliphatic rings. The maximum absolute atomic E-state index is 12.4. The Kier molecular flexibility index (Phi) is 6.65. The van der Waals surface area contributed by atoms with Gasteiger partial charge in [0.05, 0.1) is 24.6 Å². The average molecular weight is 465 g/mol. The van der Waals surface area contributed by atoms with Crippen LogP contribution in [0.25, 0.3) is 22.4 Å². The van der Waals surface area contributed by atoms with E-state index in [1.54, 1.807) is 66.7 Å². The summed E-state index contributed by atoms with van der Waals surface area (Å²) >= 11 is 0. The van der Waals surface area contributed by atoms with E-state index in [0.717, 1.165) is 0 Å². The molecule has 0 aliphatic carbocycles. The predicted molar refractivity (Wildman–Crippen MR) is 131 cm³/mol. The number of nitrogens with one attached hydrogen (secondary N) is 2. The molecule has 172 valence electrons. The first-order chi connectivity index (χ1) is 17.0. The standard InChI is InChI=1S/C26H19N5O4/c1-35-25(34)18-10-5-9-17(13-18)20-12-6-11-19(23(20)32)15-28-31-26-29-22(16-7-3-2-4-8-16)21(14-27)24(33)30-26/h2-13,15,32H,1H3,(H2,29,30,31,33). The molecule has 0 unspecified atom stereocenters. The number of aromatic nitrogens is 2. The molecule has 0 saturated heterocycles. The summed E-state index contributed by atoms with van der Waals surface area (Å²) in [6, 6.07) is 22.5. The lowest BCUT2D eigenvalue weighted by Gasteiger charge is -2.09. The van der Waals surface area contributed by atoms with Gasteiger partial charge < -0.3 is 9.84 Å². The van der Waals surface area contributed by atoms with Crippen LogP contribution in [0.3, 0.4) is 0 Å². The molecule has 0 aliphatic heterocycles. The molecular weight excluding hydrogens is 446 g/mol. The van der Waals surface area contributed by atoms with Crippen LogP contribution in [0.1, 0.15) is 21.5 Å². The maximum atomic E-state index is 12.4. The van der Waals surface area contributed by atoms with E-state index < -0.39 is 11.5 Å². The number of phenols is 1. The Hall–Kier alpha value is -5.23. The van der Waals surface area contributed by atoms with Gasteiger partial charge in [-0.15, -0.1) is 0 Å². The number of ether oxygens (including phenoxy) is 1. The number of hydrogen-bond donors (Lipinski definition) is 3. The number of anilines is 1. The highest BCUT2D eigenvalue weighted by atomic mass is 16.5. The number of nitrogens with zero attached hydrogens (tertiary/aromatic N) is 3. The van der Waals surface area contributed by atoms with Gasteiger partial charge in [0, 0.05) is 16.7 Å². The Balaban J connectivity index is 1.62. The van der Waals surface area contributed by atoms with Crippen molar-refractivity contribution in [2.24, 2.45) is 5.10 Å². The second kappa shape index (κ2) is 10.1. The Morgan fingerprint density at radius 3 is 2.60 bits per heavy atom. The van der Waals surface area contributed by atoms with Crippen LogP contribution in [-0.2, 0) is 4.74 Å². The average Bonchev–Trinajstić information content (AvgIpc) is 2.89. The van der Waals surface area contributed by atoms with E-state index in [1.165, 1.54) is 13.3 Å². The van der Waals surface area contributed by atoms with E-state index in [4.69, 9.17) is 4.74 Å². The number of para-hydroxylation sites is 1. The van der Waals surface area contributed by atoms with Crippen molar-refractivity contribution >= 4 is 18.1 Å². The summed E-state index contributed by atoms with van der Waals surface area (Å²) in [7, 11) is 1.30. The SMILES string of the molecule is COC(=O)c1cccc(-c2cccc(C=NNc3nc(-c4ccccc4)c(C#N)c(=O)[nH]3)c2O)c1. The topological polar surface area (TPSA) is 140 Å². The quantitative estimate of drug-likeness (QED) is 0.223. The number of methoxy groups -OCH3 is 1. The third-order valence-electron chi connectivity index (χ3n) is 5.11. The molecule has 0 radical (unpaired) electrons. The number of benzene rings is 3. The van der Waals surface area contributed by atoms with E-state index in [-0.39, 0.29) is 23.0 Å². The van der Waals surface area contributed by atoms with Crippen molar-refractivity contribution in [3.8, 4) is 34.2 Å². The van der Waals surface area contributed by atoms with E-state index in [0.29, 0.717) is 27.8 Å². The fourth-order valence-electron chi connectivity index (χ4n) is 3.43. The number of carbonyl (C=O) groups is 1. The monoisotopic (exact) mass is 465 g/mol. The number of hydrogen-bond acceptors (Lipinski definition) is 8. The van der Waals surface area contributed by atoms with Gasteiger partial charge in [-0.1, -0.05) is 54.6 Å². The van der Waals surface area contributed by atoms with Crippen LogP contribution >= 0.6 is 0 Å². The molecule has 0 fully saturated rings. The molecule has 0 atom stereocenters. The molecule has 9 nitrogen and oxygen atoms in total. The van der Waals surface area contributed by atoms with E-state index in [1.807, 2.05) is 12.1 Å². The summed E-state index contributed by atoms with van der Waals surface area (Å²) in [4.78, 5) is 31.0. The van der Waals surface area contributed by atoms with Gasteiger partial charge in [0.25, 0.3) is 5.56 Å². The van der Waals surface area contributed by atoms with Crippen LogP contribution in [0.5, 0.6) is 5.75 Å². The lowest BCUT2D eigenvalue weighted by molar-refractivity contribution is 0.0600. The van der Waals surface area contributed by atoms with Gasteiger partial charge in [0.15, 0.2) is 0 Å². The Morgan fingerprint density at radius 1 is 1.11 bits per heavy atom. The number of aromatic amines is 1. The minimum absolute atomic E-state index is 0.0329. The van der Waals surface area contributed by atoms with Gasteiger partial charge in [-0.05, 0) is 23.8 Å². The first-order valence-corrected chi connectivity index (χ1v) is 10.4. The van der Waals surface area contributed by atoms with Crippen LogP contribution < -0.4 is 11.0 Å². The summed E-state index contributed by atoms with van der Waals surface area (Å²) in [6.07, 6.45) is 1.36.